The van der Waals surface area contributed by atoms with Gasteiger partial charge in [0, 0.05) is 25.1 Å². The molecular weight excluding hydrogens is 202 g/mol. The van der Waals surface area contributed by atoms with Crippen molar-refractivity contribution in [3.8, 4) is 11.4 Å². The second kappa shape index (κ2) is 4.83. The number of aromatic nitrogens is 5. The maximum atomic E-state index is 4.35. The Kier molecular flexibility index (Phi) is 3.24. The van der Waals surface area contributed by atoms with Crippen molar-refractivity contribution in [3.63, 3.8) is 0 Å². The molecule has 16 heavy (non-hydrogen) atoms. The quantitative estimate of drug-likeness (QED) is 0.718. The van der Waals surface area contributed by atoms with Crippen molar-refractivity contribution in [1.29, 1.82) is 0 Å². The van der Waals surface area contributed by atoms with E-state index < -0.39 is 0 Å². The molecule has 0 radical (unpaired) electrons. The van der Waals surface area contributed by atoms with Crippen molar-refractivity contribution in [2.24, 2.45) is 7.05 Å². The van der Waals surface area contributed by atoms with Crippen LogP contribution in [0.2, 0.25) is 0 Å². The third-order valence-corrected chi connectivity index (χ3v) is 2.48. The summed E-state index contributed by atoms with van der Waals surface area (Å²) in [5, 5.41) is 12.2. The maximum absolute atomic E-state index is 4.35. The van der Waals surface area contributed by atoms with Gasteiger partial charge in [-0.25, -0.2) is 0 Å². The first-order valence-corrected chi connectivity index (χ1v) is 5.51. The third kappa shape index (κ3) is 2.24. The minimum atomic E-state index is 0.843. The fourth-order valence-electron chi connectivity index (χ4n) is 1.51. The molecule has 0 saturated carbocycles. The van der Waals surface area contributed by atoms with Gasteiger partial charge in [0.25, 0.3) is 0 Å². The van der Waals surface area contributed by atoms with Crippen LogP contribution in [0.1, 0.15) is 19.8 Å². The van der Waals surface area contributed by atoms with Gasteiger partial charge in [-0.2, -0.15) is 0 Å². The topological polar surface area (TPSA) is 47.5 Å². The average Bonchev–Trinajstić information content (AvgIpc) is 2.74. The number of unbranched alkanes of at least 4 members (excludes halogenated alkanes) is 1. The van der Waals surface area contributed by atoms with Crippen LogP contribution in [0.4, 0.5) is 0 Å². The van der Waals surface area contributed by atoms with Crippen LogP contribution in [0.3, 0.4) is 0 Å². The summed E-state index contributed by atoms with van der Waals surface area (Å²) in [7, 11) is 1.92. The summed E-state index contributed by atoms with van der Waals surface area (Å²) in [6.45, 7) is 3.14. The van der Waals surface area contributed by atoms with Crippen molar-refractivity contribution in [2.45, 2.75) is 26.3 Å². The van der Waals surface area contributed by atoms with Gasteiger partial charge in [-0.05, 0) is 5.10 Å². The number of aryl methyl sites for hydroxylation is 2. The zero-order valence-corrected chi connectivity index (χ0v) is 9.67. The van der Waals surface area contributed by atoms with E-state index in [9.17, 15) is 0 Å². The number of hydrogen-bond acceptors (Lipinski definition) is 3. The van der Waals surface area contributed by atoms with E-state index in [0.717, 1.165) is 24.4 Å². The van der Waals surface area contributed by atoms with Gasteiger partial charge in [-0.15, -0.1) is 10.2 Å². The van der Waals surface area contributed by atoms with Crippen molar-refractivity contribution < 1.29 is 4.68 Å². The molecule has 0 atom stereocenters. The van der Waals surface area contributed by atoms with Crippen LogP contribution in [0.25, 0.3) is 11.4 Å². The predicted octanol–water partition coefficient (Wildman–Crippen LogP) is 0.965. The highest BCUT2D eigenvalue weighted by molar-refractivity contribution is 5.51. The largest absolute Gasteiger partial charge is 0.317 e. The fourth-order valence-corrected chi connectivity index (χ4v) is 1.51. The minimum Gasteiger partial charge on any atom is -0.317 e. The van der Waals surface area contributed by atoms with Gasteiger partial charge < -0.3 is 4.57 Å². The van der Waals surface area contributed by atoms with E-state index in [1.807, 2.05) is 34.8 Å². The third-order valence-electron chi connectivity index (χ3n) is 2.48. The second-order valence-corrected chi connectivity index (χ2v) is 3.80. The van der Waals surface area contributed by atoms with Crippen molar-refractivity contribution in [2.75, 3.05) is 0 Å². The highest BCUT2D eigenvalue weighted by Crippen LogP contribution is 2.11. The van der Waals surface area contributed by atoms with E-state index in [2.05, 4.69) is 22.2 Å². The molecular formula is C11H16N5+. The van der Waals surface area contributed by atoms with Crippen molar-refractivity contribution in [1.82, 2.24) is 19.9 Å². The summed E-state index contributed by atoms with van der Waals surface area (Å²) < 4.78 is 3.83. The molecule has 0 N–H and O–H groups in total. The summed E-state index contributed by atoms with van der Waals surface area (Å²) in [6, 6.07) is 2.02. The van der Waals surface area contributed by atoms with Crippen molar-refractivity contribution >= 4 is 0 Å². The first-order valence-electron chi connectivity index (χ1n) is 5.51. The summed E-state index contributed by atoms with van der Waals surface area (Å²) in [6.07, 6.45) is 7.84. The van der Waals surface area contributed by atoms with E-state index in [4.69, 9.17) is 0 Å². The fraction of sp³-hybridized carbons (Fsp3) is 0.455. The van der Waals surface area contributed by atoms with Crippen LogP contribution in [-0.4, -0.2) is 19.9 Å². The lowest BCUT2D eigenvalue weighted by Gasteiger charge is -1.98. The van der Waals surface area contributed by atoms with Gasteiger partial charge in [-0.3, -0.25) is 0 Å². The SMILES string of the molecule is CCCC[n+]1ccc(-c2nncn2C)cn1. The zero-order valence-electron chi connectivity index (χ0n) is 9.67. The zero-order chi connectivity index (χ0) is 11.4. The maximum Gasteiger partial charge on any atom is 0.197 e. The highest BCUT2D eigenvalue weighted by atomic mass is 15.3. The molecule has 0 aliphatic heterocycles. The monoisotopic (exact) mass is 218 g/mol. The van der Waals surface area contributed by atoms with Crippen LogP contribution in [-0.2, 0) is 13.6 Å². The standard InChI is InChI=1S/C11H16N5/c1-3-4-6-16-7-5-10(8-13-16)11-14-12-9-15(11)2/h5,7-9H,3-4,6H2,1-2H3/q+1. The summed E-state index contributed by atoms with van der Waals surface area (Å²) in [4.78, 5) is 0. The molecule has 0 spiro atoms. The Labute approximate surface area is 94.8 Å². The molecule has 0 aliphatic carbocycles. The molecule has 0 unspecified atom stereocenters. The van der Waals surface area contributed by atoms with E-state index >= 15 is 0 Å². The lowest BCUT2D eigenvalue weighted by atomic mass is 10.3. The molecule has 2 rings (SSSR count). The van der Waals surface area contributed by atoms with E-state index in [1.54, 1.807) is 6.33 Å². The molecule has 5 heteroatoms. The molecule has 0 aromatic carbocycles. The molecule has 2 heterocycles. The lowest BCUT2D eigenvalue weighted by Crippen LogP contribution is -2.37. The van der Waals surface area contributed by atoms with Crippen LogP contribution in [0.5, 0.6) is 0 Å². The summed E-state index contributed by atoms with van der Waals surface area (Å²) >= 11 is 0. The Bertz CT molecular complexity index is 446. The Morgan fingerprint density at radius 2 is 2.31 bits per heavy atom. The summed E-state index contributed by atoms with van der Waals surface area (Å²) in [5.41, 5.74) is 0.993. The van der Waals surface area contributed by atoms with E-state index in [-0.39, 0.29) is 0 Å². The first-order chi connectivity index (χ1) is 7.81. The highest BCUT2D eigenvalue weighted by Gasteiger charge is 2.07. The Hall–Kier alpha value is -1.78. The number of rotatable bonds is 4. The van der Waals surface area contributed by atoms with Gasteiger partial charge in [0.2, 0.25) is 0 Å². The van der Waals surface area contributed by atoms with Gasteiger partial charge in [0.1, 0.15) is 12.5 Å². The van der Waals surface area contributed by atoms with E-state index in [0.29, 0.717) is 0 Å². The minimum absolute atomic E-state index is 0.843. The van der Waals surface area contributed by atoms with Crippen LogP contribution >= 0.6 is 0 Å². The predicted molar refractivity (Wildman–Crippen MR) is 59.3 cm³/mol. The molecule has 2 aromatic heterocycles. The lowest BCUT2D eigenvalue weighted by molar-refractivity contribution is -0.754. The Morgan fingerprint density at radius 3 is 2.88 bits per heavy atom. The second-order valence-electron chi connectivity index (χ2n) is 3.80. The van der Waals surface area contributed by atoms with Crippen molar-refractivity contribution in [3.05, 3.63) is 24.8 Å². The molecule has 0 saturated heterocycles. The summed E-state index contributed by atoms with van der Waals surface area (Å²) in [5.74, 6) is 0.843. The molecule has 0 bridgehead atoms. The van der Waals surface area contributed by atoms with Gasteiger partial charge in [-0.1, -0.05) is 18.0 Å². The average molecular weight is 218 g/mol. The van der Waals surface area contributed by atoms with Crippen LogP contribution < -0.4 is 4.68 Å². The van der Waals surface area contributed by atoms with Gasteiger partial charge in [0.05, 0.1) is 0 Å². The first kappa shape index (κ1) is 10.7. The smallest absolute Gasteiger partial charge is 0.197 e. The van der Waals surface area contributed by atoms with E-state index in [1.165, 1.54) is 6.42 Å². The Morgan fingerprint density at radius 1 is 1.44 bits per heavy atom. The number of hydrogen-bond donors (Lipinski definition) is 0. The van der Waals surface area contributed by atoms with Crippen LogP contribution in [0, 0.1) is 0 Å². The molecule has 0 amide bonds. The molecule has 5 nitrogen and oxygen atoms in total. The van der Waals surface area contributed by atoms with Gasteiger partial charge >= 0.3 is 0 Å². The molecule has 0 fully saturated rings. The van der Waals surface area contributed by atoms with Crippen LogP contribution in [0.15, 0.2) is 24.8 Å². The normalized spacial score (nSPS) is 10.6. The molecule has 84 valence electrons. The molecule has 2 aromatic rings. The number of nitrogens with zero attached hydrogens (tertiary/aromatic N) is 5. The molecule has 0 aliphatic rings. The van der Waals surface area contributed by atoms with Gasteiger partial charge in [0.15, 0.2) is 18.6 Å². The Balaban J connectivity index is 2.16.